The van der Waals surface area contributed by atoms with E-state index in [9.17, 15) is 4.79 Å². The molecule has 0 fully saturated rings. The van der Waals surface area contributed by atoms with Crippen molar-refractivity contribution in [3.63, 3.8) is 0 Å². The van der Waals surface area contributed by atoms with Crippen LogP contribution in [0.1, 0.15) is 43.5 Å². The molecule has 0 spiro atoms. The van der Waals surface area contributed by atoms with Crippen LogP contribution >= 0.6 is 0 Å². The quantitative estimate of drug-likeness (QED) is 0.694. The largest absolute Gasteiger partial charge is 0.296 e. The Morgan fingerprint density at radius 3 is 2.92 bits per heavy atom. The highest BCUT2D eigenvalue weighted by Gasteiger charge is 2.13. The number of aryl methyl sites for hydroxylation is 1. The van der Waals surface area contributed by atoms with Crippen molar-refractivity contribution in [2.75, 3.05) is 0 Å². The Balaban J connectivity index is 1.76. The lowest BCUT2D eigenvalue weighted by Crippen LogP contribution is -2.24. The summed E-state index contributed by atoms with van der Waals surface area (Å²) in [6, 6.07) is 5.75. The van der Waals surface area contributed by atoms with Crippen LogP contribution in [0, 0.1) is 11.8 Å². The smallest absolute Gasteiger partial charge is 0.261 e. The molecule has 1 aromatic carbocycles. The Kier molecular flexibility index (Phi) is 4.04. The molecule has 0 N–H and O–H groups in total. The van der Waals surface area contributed by atoms with Gasteiger partial charge >= 0.3 is 0 Å². The summed E-state index contributed by atoms with van der Waals surface area (Å²) in [5.41, 5.74) is 2.84. The molecule has 1 aliphatic carbocycles. The fraction of sp³-hybridized carbons (Fsp3) is 0.333. The van der Waals surface area contributed by atoms with E-state index in [1.165, 1.54) is 6.42 Å². The predicted octanol–water partition coefficient (Wildman–Crippen LogP) is 3.75. The molecule has 0 atom stereocenters. The van der Waals surface area contributed by atoms with Gasteiger partial charge < -0.3 is 0 Å². The van der Waals surface area contributed by atoms with Crippen molar-refractivity contribution in [3.8, 4) is 11.8 Å². The fourth-order valence-corrected chi connectivity index (χ4v) is 3.35. The van der Waals surface area contributed by atoms with Gasteiger partial charge in [-0.25, -0.2) is 4.98 Å². The third-order valence-corrected chi connectivity index (χ3v) is 4.66. The fourth-order valence-electron chi connectivity index (χ4n) is 3.35. The Morgan fingerprint density at radius 1 is 1.08 bits per heavy atom. The minimum Gasteiger partial charge on any atom is -0.296 e. The molecule has 2 aliphatic rings. The van der Waals surface area contributed by atoms with Crippen molar-refractivity contribution >= 4 is 10.9 Å². The summed E-state index contributed by atoms with van der Waals surface area (Å²) < 4.78 is 1.86. The van der Waals surface area contributed by atoms with Crippen molar-refractivity contribution < 1.29 is 0 Å². The van der Waals surface area contributed by atoms with Crippen LogP contribution < -0.4 is 5.56 Å². The number of fused-ring (bicyclic) bond motifs is 2. The maximum atomic E-state index is 12.7. The van der Waals surface area contributed by atoms with Crippen LogP contribution in [0.15, 0.2) is 46.8 Å². The van der Waals surface area contributed by atoms with Gasteiger partial charge in [0.25, 0.3) is 5.56 Å². The van der Waals surface area contributed by atoms with E-state index in [2.05, 4.69) is 30.1 Å². The zero-order chi connectivity index (χ0) is 16.4. The first-order valence-corrected chi connectivity index (χ1v) is 8.73. The third-order valence-electron chi connectivity index (χ3n) is 4.66. The number of hydrogen-bond donors (Lipinski definition) is 0. The van der Waals surface area contributed by atoms with Gasteiger partial charge in [-0.2, -0.15) is 0 Å². The molecule has 2 aromatic rings. The van der Waals surface area contributed by atoms with Gasteiger partial charge in [-0.05, 0) is 43.9 Å². The molecule has 0 amide bonds. The lowest BCUT2D eigenvalue weighted by atomic mass is 10.1. The van der Waals surface area contributed by atoms with Crippen LogP contribution in [0.3, 0.4) is 0 Å². The second-order valence-corrected chi connectivity index (χ2v) is 6.42. The van der Waals surface area contributed by atoms with Gasteiger partial charge in [-0.15, -0.1) is 0 Å². The maximum Gasteiger partial charge on any atom is 0.261 e. The average Bonchev–Trinajstić information content (AvgIpc) is 2.86. The van der Waals surface area contributed by atoms with E-state index in [0.717, 1.165) is 61.1 Å². The van der Waals surface area contributed by atoms with Crippen molar-refractivity contribution in [1.82, 2.24) is 9.55 Å². The molecule has 120 valence electrons. The van der Waals surface area contributed by atoms with Crippen molar-refractivity contribution in [2.45, 2.75) is 45.1 Å². The Labute approximate surface area is 141 Å². The topological polar surface area (TPSA) is 34.9 Å². The Morgan fingerprint density at radius 2 is 2.04 bits per heavy atom. The molecule has 0 saturated heterocycles. The summed E-state index contributed by atoms with van der Waals surface area (Å²) in [5, 5.41) is 0.697. The predicted molar refractivity (Wildman–Crippen MR) is 96.9 cm³/mol. The van der Waals surface area contributed by atoms with Crippen LogP contribution in [0.5, 0.6) is 0 Å². The molecule has 3 nitrogen and oxygen atoms in total. The molecular formula is C21H20N2O. The van der Waals surface area contributed by atoms with Gasteiger partial charge in [0.2, 0.25) is 0 Å². The minimum absolute atomic E-state index is 0.0920. The molecule has 24 heavy (non-hydrogen) atoms. The first kappa shape index (κ1) is 15.0. The number of allylic oxidation sites excluding steroid dienone is 4. The SMILES string of the molecule is O=c1c2ccc(C#CC3=CCCC=C3)cc2nc2n1CCCCC2. The molecule has 0 unspecified atom stereocenters. The van der Waals surface area contributed by atoms with E-state index in [0.29, 0.717) is 5.39 Å². The average molecular weight is 316 g/mol. The molecule has 1 aliphatic heterocycles. The standard InChI is InChI=1S/C21H20N2O/c24-21-18-13-12-17(11-10-16-7-3-1-4-8-16)15-19(18)22-20-9-5-2-6-14-23(20)21/h3,7-8,12-13,15H,1-2,4-6,9,14H2. The van der Waals surface area contributed by atoms with Crippen molar-refractivity contribution in [2.24, 2.45) is 0 Å². The number of benzene rings is 1. The van der Waals surface area contributed by atoms with E-state index in [1.54, 1.807) is 0 Å². The van der Waals surface area contributed by atoms with E-state index in [-0.39, 0.29) is 5.56 Å². The number of rotatable bonds is 0. The van der Waals surface area contributed by atoms with Crippen LogP contribution in [0.4, 0.5) is 0 Å². The highest BCUT2D eigenvalue weighted by Crippen LogP contribution is 2.16. The van der Waals surface area contributed by atoms with E-state index < -0.39 is 0 Å². The molecule has 3 heteroatoms. The van der Waals surface area contributed by atoms with Gasteiger partial charge in [-0.1, -0.05) is 36.5 Å². The van der Waals surface area contributed by atoms with Gasteiger partial charge in [0.15, 0.2) is 0 Å². The number of hydrogen-bond acceptors (Lipinski definition) is 2. The summed E-state index contributed by atoms with van der Waals surface area (Å²) in [4.78, 5) is 17.5. The first-order valence-electron chi connectivity index (χ1n) is 8.73. The summed E-state index contributed by atoms with van der Waals surface area (Å²) in [6.07, 6.45) is 12.8. The summed E-state index contributed by atoms with van der Waals surface area (Å²) in [7, 11) is 0. The lowest BCUT2D eigenvalue weighted by Gasteiger charge is -2.10. The van der Waals surface area contributed by atoms with E-state index in [1.807, 2.05) is 22.8 Å². The highest BCUT2D eigenvalue weighted by molar-refractivity contribution is 5.79. The lowest BCUT2D eigenvalue weighted by molar-refractivity contribution is 0.614. The molecule has 0 bridgehead atoms. The first-order chi connectivity index (χ1) is 11.8. The summed E-state index contributed by atoms with van der Waals surface area (Å²) in [6.45, 7) is 0.791. The van der Waals surface area contributed by atoms with E-state index in [4.69, 9.17) is 4.98 Å². The van der Waals surface area contributed by atoms with Crippen molar-refractivity contribution in [3.05, 3.63) is 63.7 Å². The normalized spacial score (nSPS) is 16.8. The molecule has 0 radical (unpaired) electrons. The second kappa shape index (κ2) is 6.49. The third kappa shape index (κ3) is 2.92. The Bertz CT molecular complexity index is 967. The van der Waals surface area contributed by atoms with Crippen LogP contribution in [-0.4, -0.2) is 9.55 Å². The van der Waals surface area contributed by atoms with Gasteiger partial charge in [0, 0.05) is 24.1 Å². The molecular weight excluding hydrogens is 296 g/mol. The zero-order valence-electron chi connectivity index (χ0n) is 13.7. The number of aromatic nitrogens is 2. The summed E-state index contributed by atoms with van der Waals surface area (Å²) >= 11 is 0. The van der Waals surface area contributed by atoms with Gasteiger partial charge in [0.1, 0.15) is 5.82 Å². The van der Waals surface area contributed by atoms with Crippen molar-refractivity contribution in [1.29, 1.82) is 0 Å². The van der Waals surface area contributed by atoms with E-state index >= 15 is 0 Å². The van der Waals surface area contributed by atoms with Crippen LogP contribution in [0.2, 0.25) is 0 Å². The molecule has 0 saturated carbocycles. The summed E-state index contributed by atoms with van der Waals surface area (Å²) in [5.74, 6) is 7.33. The van der Waals surface area contributed by atoms with Crippen LogP contribution in [0.25, 0.3) is 10.9 Å². The molecule has 2 heterocycles. The monoisotopic (exact) mass is 316 g/mol. The van der Waals surface area contributed by atoms with Crippen LogP contribution in [-0.2, 0) is 13.0 Å². The second-order valence-electron chi connectivity index (χ2n) is 6.42. The maximum absolute atomic E-state index is 12.7. The van der Waals surface area contributed by atoms with Gasteiger partial charge in [0.05, 0.1) is 10.9 Å². The number of nitrogens with zero attached hydrogens (tertiary/aromatic N) is 2. The molecule has 4 rings (SSSR count). The minimum atomic E-state index is 0.0920. The highest BCUT2D eigenvalue weighted by atomic mass is 16.1. The molecule has 1 aromatic heterocycles. The Hall–Kier alpha value is -2.60. The zero-order valence-corrected chi connectivity index (χ0v) is 13.7. The van der Waals surface area contributed by atoms with Gasteiger partial charge in [-0.3, -0.25) is 9.36 Å².